The van der Waals surface area contributed by atoms with Gasteiger partial charge < -0.3 is 14.2 Å². The molecule has 0 heterocycles. The summed E-state index contributed by atoms with van der Waals surface area (Å²) in [6.07, 6.45) is 9.70. The molecule has 3 aromatic rings. The highest BCUT2D eigenvalue weighted by Crippen LogP contribution is 2.25. The van der Waals surface area contributed by atoms with Crippen molar-refractivity contribution >= 4 is 5.97 Å². The van der Waals surface area contributed by atoms with Gasteiger partial charge in [0.2, 0.25) is 0 Å². The Morgan fingerprint density at radius 3 is 1.74 bits per heavy atom. The summed E-state index contributed by atoms with van der Waals surface area (Å²) >= 11 is 0. The van der Waals surface area contributed by atoms with Crippen LogP contribution in [0.1, 0.15) is 82.0 Å². The fraction of sp³-hybridized carbons (Fsp3) is 0.424. The van der Waals surface area contributed by atoms with Crippen molar-refractivity contribution in [2.45, 2.75) is 77.8 Å². The number of hydrogen-bond donors (Lipinski definition) is 0. The molecule has 204 valence electrons. The van der Waals surface area contributed by atoms with E-state index in [0.29, 0.717) is 23.5 Å². The molecule has 1 unspecified atom stereocenters. The van der Waals surface area contributed by atoms with Gasteiger partial charge in [-0.25, -0.2) is 9.18 Å². The van der Waals surface area contributed by atoms with Crippen LogP contribution in [0.2, 0.25) is 0 Å². The number of benzene rings is 3. The van der Waals surface area contributed by atoms with E-state index >= 15 is 0 Å². The van der Waals surface area contributed by atoms with Crippen LogP contribution in [-0.4, -0.2) is 25.4 Å². The zero-order valence-electron chi connectivity index (χ0n) is 22.8. The molecule has 3 aromatic carbocycles. The Balaban J connectivity index is 1.41. The molecule has 4 nitrogen and oxygen atoms in total. The zero-order valence-corrected chi connectivity index (χ0v) is 22.8. The maximum absolute atomic E-state index is 13.3. The fourth-order valence-corrected chi connectivity index (χ4v) is 4.04. The highest BCUT2D eigenvalue weighted by molar-refractivity contribution is 5.91. The van der Waals surface area contributed by atoms with Gasteiger partial charge in [-0.1, -0.05) is 83.1 Å². The molecule has 0 radical (unpaired) electrons. The van der Waals surface area contributed by atoms with Crippen molar-refractivity contribution in [2.75, 3.05) is 13.2 Å². The molecule has 0 aliphatic heterocycles. The molecule has 0 aromatic heterocycles. The van der Waals surface area contributed by atoms with Gasteiger partial charge in [0.05, 0.1) is 12.2 Å². The minimum atomic E-state index is -1.00. The van der Waals surface area contributed by atoms with Crippen molar-refractivity contribution in [3.05, 3.63) is 78.4 Å². The largest absolute Gasteiger partial charge is 0.494 e. The van der Waals surface area contributed by atoms with E-state index in [1.807, 2.05) is 36.4 Å². The summed E-state index contributed by atoms with van der Waals surface area (Å²) < 4.78 is 30.1. The Morgan fingerprint density at radius 2 is 1.16 bits per heavy atom. The van der Waals surface area contributed by atoms with E-state index in [4.69, 9.17) is 14.2 Å². The molecule has 38 heavy (non-hydrogen) atoms. The van der Waals surface area contributed by atoms with E-state index in [0.717, 1.165) is 29.9 Å². The van der Waals surface area contributed by atoms with Crippen LogP contribution in [0, 0.1) is 0 Å². The predicted octanol–water partition coefficient (Wildman–Crippen LogP) is 9.22. The molecular weight excluding hydrogens is 479 g/mol. The SMILES string of the molecule is CCCCCCCCCCOc1ccc(-c2ccc(OC(=O)c3ccc(OCC(F)CC)cc3)cc2)cc1. The highest BCUT2D eigenvalue weighted by atomic mass is 19.1. The van der Waals surface area contributed by atoms with Gasteiger partial charge in [0.1, 0.15) is 30.0 Å². The van der Waals surface area contributed by atoms with Crippen LogP contribution in [0.4, 0.5) is 4.39 Å². The van der Waals surface area contributed by atoms with E-state index in [1.165, 1.54) is 44.9 Å². The van der Waals surface area contributed by atoms with Crippen LogP contribution in [0.3, 0.4) is 0 Å². The van der Waals surface area contributed by atoms with Crippen molar-refractivity contribution in [1.82, 2.24) is 0 Å². The summed E-state index contributed by atoms with van der Waals surface area (Å²) in [5, 5.41) is 0. The standard InChI is InChI=1S/C33H41FO4/c1-3-5-6-7-8-9-10-11-24-36-30-18-12-26(13-19-30)27-14-22-32(23-15-27)38-33(35)28-16-20-31(21-17-28)37-25-29(34)4-2/h12-23,29H,3-11,24-25H2,1-2H3. The number of carbonyl (C=O) groups excluding carboxylic acids is 1. The van der Waals surface area contributed by atoms with Crippen molar-refractivity contribution in [3.8, 4) is 28.4 Å². The van der Waals surface area contributed by atoms with E-state index in [-0.39, 0.29) is 6.61 Å². The molecule has 0 saturated carbocycles. The molecule has 0 saturated heterocycles. The number of halogens is 1. The maximum atomic E-state index is 13.3. The number of ether oxygens (including phenoxy) is 3. The van der Waals surface area contributed by atoms with Gasteiger partial charge in [0.15, 0.2) is 0 Å². The van der Waals surface area contributed by atoms with Gasteiger partial charge >= 0.3 is 5.97 Å². The first kappa shape index (κ1) is 29.2. The van der Waals surface area contributed by atoms with Crippen molar-refractivity contribution in [3.63, 3.8) is 0 Å². The van der Waals surface area contributed by atoms with Crippen LogP contribution in [0.5, 0.6) is 17.2 Å². The van der Waals surface area contributed by atoms with Gasteiger partial charge in [-0.05, 0) is 72.5 Å². The molecule has 1 atom stereocenters. The molecule has 3 rings (SSSR count). The number of hydrogen-bond acceptors (Lipinski definition) is 4. The highest BCUT2D eigenvalue weighted by Gasteiger charge is 2.10. The Hall–Kier alpha value is -3.34. The maximum Gasteiger partial charge on any atom is 0.343 e. The second-order valence-electron chi connectivity index (χ2n) is 9.60. The topological polar surface area (TPSA) is 44.8 Å². The molecule has 0 fully saturated rings. The van der Waals surface area contributed by atoms with Gasteiger partial charge in [-0.2, -0.15) is 0 Å². The summed E-state index contributed by atoms with van der Waals surface area (Å²) in [7, 11) is 0. The Labute approximate surface area is 227 Å². The molecule has 0 spiro atoms. The third kappa shape index (κ3) is 10.2. The van der Waals surface area contributed by atoms with Gasteiger partial charge in [-0.15, -0.1) is 0 Å². The Kier molecular flexibility index (Phi) is 12.7. The van der Waals surface area contributed by atoms with Crippen molar-refractivity contribution in [1.29, 1.82) is 0 Å². The second-order valence-corrected chi connectivity index (χ2v) is 9.60. The number of unbranched alkanes of at least 4 members (excludes halogenated alkanes) is 7. The van der Waals surface area contributed by atoms with Gasteiger partial charge in [-0.3, -0.25) is 0 Å². The molecular formula is C33H41FO4. The minimum Gasteiger partial charge on any atom is -0.494 e. The third-order valence-electron chi connectivity index (χ3n) is 6.48. The molecule has 0 N–H and O–H groups in total. The van der Waals surface area contributed by atoms with Crippen LogP contribution in [0.15, 0.2) is 72.8 Å². The number of esters is 1. The number of rotatable bonds is 17. The second kappa shape index (κ2) is 16.5. The molecule has 0 bridgehead atoms. The van der Waals surface area contributed by atoms with Crippen molar-refractivity contribution < 1.29 is 23.4 Å². The summed E-state index contributed by atoms with van der Waals surface area (Å²) in [4.78, 5) is 12.5. The van der Waals surface area contributed by atoms with E-state index in [1.54, 1.807) is 43.3 Å². The molecule has 0 aliphatic rings. The lowest BCUT2D eigenvalue weighted by Gasteiger charge is -2.10. The fourth-order valence-electron chi connectivity index (χ4n) is 4.04. The van der Waals surface area contributed by atoms with E-state index in [2.05, 4.69) is 6.92 Å². The monoisotopic (exact) mass is 520 g/mol. The minimum absolute atomic E-state index is 0.00169. The van der Waals surface area contributed by atoms with Crippen LogP contribution in [-0.2, 0) is 0 Å². The van der Waals surface area contributed by atoms with Crippen LogP contribution >= 0.6 is 0 Å². The molecule has 5 heteroatoms. The smallest absolute Gasteiger partial charge is 0.343 e. The first-order chi connectivity index (χ1) is 18.6. The lowest BCUT2D eigenvalue weighted by Crippen LogP contribution is -2.12. The summed E-state index contributed by atoms with van der Waals surface area (Å²) in [5.74, 6) is 1.41. The molecule has 0 amide bonds. The Morgan fingerprint density at radius 1 is 0.658 bits per heavy atom. The lowest BCUT2D eigenvalue weighted by atomic mass is 10.1. The normalized spacial score (nSPS) is 11.7. The quantitative estimate of drug-likeness (QED) is 0.101. The van der Waals surface area contributed by atoms with E-state index < -0.39 is 12.1 Å². The van der Waals surface area contributed by atoms with Gasteiger partial charge in [0.25, 0.3) is 0 Å². The van der Waals surface area contributed by atoms with Crippen LogP contribution in [0.25, 0.3) is 11.1 Å². The average Bonchev–Trinajstić information content (AvgIpc) is 2.96. The van der Waals surface area contributed by atoms with Crippen molar-refractivity contribution in [2.24, 2.45) is 0 Å². The molecule has 0 aliphatic carbocycles. The number of alkyl halides is 1. The average molecular weight is 521 g/mol. The zero-order chi connectivity index (χ0) is 27.0. The number of carbonyl (C=O) groups is 1. The Bertz CT molecular complexity index is 1060. The van der Waals surface area contributed by atoms with E-state index in [9.17, 15) is 9.18 Å². The first-order valence-corrected chi connectivity index (χ1v) is 14.0. The predicted molar refractivity (Wildman–Crippen MR) is 152 cm³/mol. The summed E-state index contributed by atoms with van der Waals surface area (Å²) in [6.45, 7) is 4.77. The summed E-state index contributed by atoms with van der Waals surface area (Å²) in [5.41, 5.74) is 2.49. The third-order valence-corrected chi connectivity index (χ3v) is 6.48. The van der Waals surface area contributed by atoms with Gasteiger partial charge in [0, 0.05) is 0 Å². The summed E-state index contributed by atoms with van der Waals surface area (Å²) in [6, 6.07) is 22.0. The van der Waals surface area contributed by atoms with Crippen LogP contribution < -0.4 is 14.2 Å². The lowest BCUT2D eigenvalue weighted by molar-refractivity contribution is 0.0734. The first-order valence-electron chi connectivity index (χ1n) is 14.0.